The van der Waals surface area contributed by atoms with E-state index in [2.05, 4.69) is 15.7 Å². The molecule has 1 aliphatic heterocycles. The van der Waals surface area contributed by atoms with E-state index in [-0.39, 0.29) is 24.1 Å². The number of halogens is 1. The van der Waals surface area contributed by atoms with Crippen molar-refractivity contribution in [3.63, 3.8) is 0 Å². The number of hydrogen-bond acceptors (Lipinski definition) is 4. The van der Waals surface area contributed by atoms with Gasteiger partial charge in [0.2, 0.25) is 11.8 Å². The molecule has 0 bridgehead atoms. The van der Waals surface area contributed by atoms with E-state index >= 15 is 0 Å². The lowest BCUT2D eigenvalue weighted by Crippen LogP contribution is -2.29. The van der Waals surface area contributed by atoms with Gasteiger partial charge in [0.15, 0.2) is 0 Å². The van der Waals surface area contributed by atoms with E-state index in [0.29, 0.717) is 31.7 Å². The van der Waals surface area contributed by atoms with Crippen LogP contribution in [0.5, 0.6) is 5.75 Å². The minimum absolute atomic E-state index is 0.0302. The maximum atomic E-state index is 13.2. The molecule has 32 heavy (non-hydrogen) atoms. The molecule has 8 heteroatoms. The first kappa shape index (κ1) is 21.5. The quantitative estimate of drug-likeness (QED) is 0.557. The highest BCUT2D eigenvalue weighted by atomic mass is 19.1. The number of amides is 2. The summed E-state index contributed by atoms with van der Waals surface area (Å²) in [7, 11) is 0. The van der Waals surface area contributed by atoms with Gasteiger partial charge in [0.1, 0.15) is 18.2 Å². The van der Waals surface area contributed by atoms with Gasteiger partial charge in [0, 0.05) is 23.4 Å². The Labute approximate surface area is 185 Å². The van der Waals surface area contributed by atoms with Crippen LogP contribution in [0.25, 0.3) is 5.69 Å². The largest absolute Gasteiger partial charge is 0.492 e. The number of anilines is 1. The van der Waals surface area contributed by atoms with E-state index in [1.54, 1.807) is 16.8 Å². The van der Waals surface area contributed by atoms with Gasteiger partial charge in [-0.25, -0.2) is 9.07 Å². The summed E-state index contributed by atoms with van der Waals surface area (Å²) >= 11 is 0. The molecule has 0 fully saturated rings. The monoisotopic (exact) mass is 436 g/mol. The summed E-state index contributed by atoms with van der Waals surface area (Å²) in [6, 6.07) is 11.7. The van der Waals surface area contributed by atoms with Gasteiger partial charge in [-0.1, -0.05) is 0 Å². The molecule has 2 aromatic carbocycles. The van der Waals surface area contributed by atoms with Gasteiger partial charge in [0.25, 0.3) is 0 Å². The van der Waals surface area contributed by atoms with Gasteiger partial charge < -0.3 is 15.4 Å². The number of benzene rings is 2. The van der Waals surface area contributed by atoms with Gasteiger partial charge in [0.05, 0.1) is 24.3 Å². The van der Waals surface area contributed by atoms with Crippen molar-refractivity contribution in [2.45, 2.75) is 33.1 Å². The predicted molar refractivity (Wildman–Crippen MR) is 119 cm³/mol. The van der Waals surface area contributed by atoms with Gasteiger partial charge in [-0.05, 0) is 68.3 Å². The average Bonchev–Trinajstić information content (AvgIpc) is 3.05. The number of nitrogens with zero attached hydrogens (tertiary/aromatic N) is 2. The number of carbonyl (C=O) groups excluding carboxylic acids is 2. The number of nitrogens with one attached hydrogen (secondary N) is 2. The normalized spacial score (nSPS) is 12.8. The number of ether oxygens (including phenoxy) is 1. The van der Waals surface area contributed by atoms with E-state index in [4.69, 9.17) is 4.74 Å². The van der Waals surface area contributed by atoms with E-state index in [1.165, 1.54) is 12.1 Å². The highest BCUT2D eigenvalue weighted by molar-refractivity contribution is 5.94. The third-order valence-electron chi connectivity index (χ3n) is 5.51. The van der Waals surface area contributed by atoms with Gasteiger partial charge in [-0.15, -0.1) is 0 Å². The second-order valence-corrected chi connectivity index (χ2v) is 7.78. The molecule has 1 aliphatic rings. The molecular weight excluding hydrogens is 411 g/mol. The summed E-state index contributed by atoms with van der Waals surface area (Å²) in [6.45, 7) is 4.46. The Morgan fingerprint density at radius 3 is 2.75 bits per heavy atom. The fraction of sp³-hybridized carbons (Fsp3) is 0.292. The number of fused-ring (bicyclic) bond motifs is 1. The molecule has 7 nitrogen and oxygen atoms in total. The maximum absolute atomic E-state index is 13.2. The first-order valence-corrected chi connectivity index (χ1v) is 10.5. The van der Waals surface area contributed by atoms with Crippen molar-refractivity contribution in [1.82, 2.24) is 15.1 Å². The van der Waals surface area contributed by atoms with Crippen molar-refractivity contribution in [1.29, 1.82) is 0 Å². The molecule has 2 heterocycles. The number of aryl methyl sites for hydroxylation is 2. The van der Waals surface area contributed by atoms with Crippen LogP contribution in [-0.4, -0.2) is 34.7 Å². The van der Waals surface area contributed by atoms with Crippen molar-refractivity contribution >= 4 is 17.5 Å². The molecule has 2 N–H and O–H groups in total. The number of rotatable bonds is 7. The third kappa shape index (κ3) is 4.80. The molecule has 0 spiro atoms. The third-order valence-corrected chi connectivity index (χ3v) is 5.51. The Hall–Kier alpha value is -3.68. The van der Waals surface area contributed by atoms with Crippen molar-refractivity contribution in [2.24, 2.45) is 0 Å². The Morgan fingerprint density at radius 1 is 1.19 bits per heavy atom. The lowest BCUT2D eigenvalue weighted by atomic mass is 10.0. The molecular formula is C24H25FN4O3. The predicted octanol–water partition coefficient (Wildman–Crippen LogP) is 3.25. The average molecular weight is 436 g/mol. The lowest BCUT2D eigenvalue weighted by Gasteiger charge is -2.17. The van der Waals surface area contributed by atoms with Crippen LogP contribution in [0.2, 0.25) is 0 Å². The van der Waals surface area contributed by atoms with Gasteiger partial charge in [-0.3, -0.25) is 9.59 Å². The van der Waals surface area contributed by atoms with Crippen LogP contribution in [0.1, 0.15) is 28.9 Å². The maximum Gasteiger partial charge on any atom is 0.224 e. The second-order valence-electron chi connectivity index (χ2n) is 7.78. The van der Waals surface area contributed by atoms with Crippen LogP contribution in [0.3, 0.4) is 0 Å². The van der Waals surface area contributed by atoms with Crippen LogP contribution in [0, 0.1) is 19.7 Å². The highest BCUT2D eigenvalue weighted by Crippen LogP contribution is 2.26. The summed E-state index contributed by atoms with van der Waals surface area (Å²) in [5.74, 6) is 0.315. The minimum atomic E-state index is -0.306. The molecule has 0 saturated heterocycles. The Morgan fingerprint density at radius 2 is 1.97 bits per heavy atom. The number of aromatic nitrogens is 2. The molecule has 166 valence electrons. The van der Waals surface area contributed by atoms with E-state index < -0.39 is 0 Å². The molecule has 0 aliphatic carbocycles. The van der Waals surface area contributed by atoms with E-state index in [9.17, 15) is 14.0 Å². The summed E-state index contributed by atoms with van der Waals surface area (Å²) < 4.78 is 20.7. The molecule has 0 radical (unpaired) electrons. The zero-order valence-electron chi connectivity index (χ0n) is 18.1. The topological polar surface area (TPSA) is 85.2 Å². The Kier molecular flexibility index (Phi) is 6.20. The van der Waals surface area contributed by atoms with E-state index in [1.807, 2.05) is 32.0 Å². The van der Waals surface area contributed by atoms with Crippen molar-refractivity contribution < 1.29 is 18.7 Å². The molecule has 0 saturated carbocycles. The first-order valence-electron chi connectivity index (χ1n) is 10.5. The number of carbonyl (C=O) groups is 2. The van der Waals surface area contributed by atoms with Crippen LogP contribution < -0.4 is 15.4 Å². The van der Waals surface area contributed by atoms with Gasteiger partial charge in [-0.2, -0.15) is 5.10 Å². The summed E-state index contributed by atoms with van der Waals surface area (Å²) in [5, 5.41) is 10.2. The summed E-state index contributed by atoms with van der Waals surface area (Å²) in [5.41, 5.74) is 5.09. The van der Waals surface area contributed by atoms with E-state index in [0.717, 1.165) is 33.9 Å². The smallest absolute Gasteiger partial charge is 0.224 e. The minimum Gasteiger partial charge on any atom is -0.492 e. The molecule has 0 unspecified atom stereocenters. The Balaban J connectivity index is 1.29. The van der Waals surface area contributed by atoms with Gasteiger partial charge >= 0.3 is 0 Å². The zero-order valence-corrected chi connectivity index (χ0v) is 18.1. The molecule has 3 aromatic rings. The van der Waals surface area contributed by atoms with Crippen molar-refractivity contribution in [2.75, 3.05) is 18.5 Å². The highest BCUT2D eigenvalue weighted by Gasteiger charge is 2.17. The second kappa shape index (κ2) is 9.21. The SMILES string of the molecule is Cc1nn(-c2ccc(F)cc2)c(C)c1CC(=O)NCCOc1ccc2c(c1)CCC(=O)N2. The summed E-state index contributed by atoms with van der Waals surface area (Å²) in [6.07, 6.45) is 1.37. The molecule has 2 amide bonds. The fourth-order valence-electron chi connectivity index (χ4n) is 3.80. The molecule has 1 aromatic heterocycles. The standard InChI is InChI=1S/C24H25FN4O3/c1-15-21(16(2)29(28-15)19-6-4-18(25)5-7-19)14-24(31)26-11-12-32-20-8-9-22-17(13-20)3-10-23(30)27-22/h4-9,13H,3,10-12,14H2,1-2H3,(H,26,31)(H,27,30). The molecule has 0 atom stereocenters. The van der Waals surface area contributed by atoms with Crippen LogP contribution >= 0.6 is 0 Å². The van der Waals surface area contributed by atoms with Crippen LogP contribution in [0.15, 0.2) is 42.5 Å². The number of hydrogen-bond donors (Lipinski definition) is 2. The zero-order chi connectivity index (χ0) is 22.7. The lowest BCUT2D eigenvalue weighted by molar-refractivity contribution is -0.120. The van der Waals surface area contributed by atoms with Crippen LogP contribution in [-0.2, 0) is 22.4 Å². The molecule has 4 rings (SSSR count). The first-order chi connectivity index (χ1) is 15.4. The summed E-state index contributed by atoms with van der Waals surface area (Å²) in [4.78, 5) is 23.9. The van der Waals surface area contributed by atoms with Crippen molar-refractivity contribution in [3.05, 3.63) is 70.8 Å². The van der Waals surface area contributed by atoms with Crippen LogP contribution in [0.4, 0.5) is 10.1 Å². The fourth-order valence-corrected chi connectivity index (χ4v) is 3.80. The van der Waals surface area contributed by atoms with Crippen molar-refractivity contribution in [3.8, 4) is 11.4 Å². The Bertz CT molecular complexity index is 1150.